The van der Waals surface area contributed by atoms with Gasteiger partial charge < -0.3 is 14.6 Å². The number of rotatable bonds is 8. The number of benzene rings is 2. The molecule has 0 aliphatic carbocycles. The van der Waals surface area contributed by atoms with E-state index in [9.17, 15) is 4.79 Å². The third-order valence-corrected chi connectivity index (χ3v) is 6.80. The van der Waals surface area contributed by atoms with E-state index in [0.717, 1.165) is 53.0 Å². The smallest absolute Gasteiger partial charge is 0.234 e. The first-order valence-corrected chi connectivity index (χ1v) is 12.2. The maximum Gasteiger partial charge on any atom is 0.234 e. The first-order chi connectivity index (χ1) is 14.7. The Hall–Kier alpha value is -2.22. The van der Waals surface area contributed by atoms with E-state index >= 15 is 0 Å². The fraction of sp³-hybridized carbons (Fsp3) is 0.304. The van der Waals surface area contributed by atoms with Crippen LogP contribution in [0.15, 0.2) is 70.8 Å². The van der Waals surface area contributed by atoms with Crippen molar-refractivity contribution in [1.82, 2.24) is 9.55 Å². The second-order valence-electron chi connectivity index (χ2n) is 7.07. The fourth-order valence-corrected chi connectivity index (χ4v) is 4.89. The van der Waals surface area contributed by atoms with Gasteiger partial charge in [0.1, 0.15) is 0 Å². The van der Waals surface area contributed by atoms with E-state index in [1.807, 2.05) is 54.9 Å². The minimum Gasteiger partial charge on any atom is -0.376 e. The highest BCUT2D eigenvalue weighted by atomic mass is 32.2. The summed E-state index contributed by atoms with van der Waals surface area (Å²) in [6.45, 7) is 1.57. The number of anilines is 1. The van der Waals surface area contributed by atoms with E-state index < -0.39 is 0 Å². The molecule has 156 valence electrons. The van der Waals surface area contributed by atoms with Gasteiger partial charge in [-0.25, -0.2) is 4.98 Å². The van der Waals surface area contributed by atoms with Gasteiger partial charge in [0.25, 0.3) is 0 Å². The zero-order chi connectivity index (χ0) is 20.8. The number of aromatic nitrogens is 2. The molecule has 1 aliphatic heterocycles. The van der Waals surface area contributed by atoms with Gasteiger partial charge in [0.15, 0.2) is 5.16 Å². The number of thioether (sulfide) groups is 2. The number of imidazole rings is 1. The molecule has 1 unspecified atom stereocenters. The van der Waals surface area contributed by atoms with Crippen LogP contribution in [0.25, 0.3) is 11.3 Å². The molecular formula is C23H25N3O2S2. The lowest BCUT2D eigenvalue weighted by Crippen LogP contribution is -2.18. The summed E-state index contributed by atoms with van der Waals surface area (Å²) in [5.41, 5.74) is 3.03. The van der Waals surface area contributed by atoms with E-state index in [-0.39, 0.29) is 12.0 Å². The molecule has 2 aromatic carbocycles. The van der Waals surface area contributed by atoms with E-state index in [4.69, 9.17) is 4.74 Å². The summed E-state index contributed by atoms with van der Waals surface area (Å²) in [5, 5.41) is 3.87. The molecule has 1 atom stereocenters. The predicted octanol–water partition coefficient (Wildman–Crippen LogP) is 5.18. The quantitative estimate of drug-likeness (QED) is 0.490. The molecule has 1 fully saturated rings. The number of nitrogens with one attached hydrogen (secondary N) is 1. The monoisotopic (exact) mass is 439 g/mol. The molecule has 1 saturated heterocycles. The first-order valence-electron chi connectivity index (χ1n) is 10.0. The number of nitrogens with zero attached hydrogens (tertiary/aromatic N) is 2. The molecule has 30 heavy (non-hydrogen) atoms. The molecule has 1 aliphatic rings. The van der Waals surface area contributed by atoms with Crippen molar-refractivity contribution >= 4 is 35.1 Å². The molecule has 5 nitrogen and oxygen atoms in total. The lowest BCUT2D eigenvalue weighted by atomic mass is 10.1. The Morgan fingerprint density at radius 1 is 1.20 bits per heavy atom. The molecule has 0 radical (unpaired) electrons. The number of ether oxygens (including phenoxy) is 1. The number of hydrogen-bond acceptors (Lipinski definition) is 5. The summed E-state index contributed by atoms with van der Waals surface area (Å²) in [6, 6.07) is 18.1. The average Bonchev–Trinajstić information content (AvgIpc) is 3.44. The Bertz CT molecular complexity index is 985. The van der Waals surface area contributed by atoms with Crippen LogP contribution in [0.5, 0.6) is 0 Å². The van der Waals surface area contributed by atoms with Crippen LogP contribution in [0.3, 0.4) is 0 Å². The summed E-state index contributed by atoms with van der Waals surface area (Å²) >= 11 is 3.09. The van der Waals surface area contributed by atoms with Gasteiger partial charge in [-0.1, -0.05) is 54.2 Å². The maximum atomic E-state index is 12.6. The van der Waals surface area contributed by atoms with Gasteiger partial charge in [-0.15, -0.1) is 11.8 Å². The third-order valence-electron chi connectivity index (χ3n) is 5.01. The van der Waals surface area contributed by atoms with Gasteiger partial charge in [0, 0.05) is 11.5 Å². The van der Waals surface area contributed by atoms with Crippen molar-refractivity contribution in [2.75, 3.05) is 23.9 Å². The van der Waals surface area contributed by atoms with E-state index in [1.54, 1.807) is 11.8 Å². The fourth-order valence-electron chi connectivity index (χ4n) is 3.55. The largest absolute Gasteiger partial charge is 0.376 e. The lowest BCUT2D eigenvalue weighted by Gasteiger charge is -2.16. The number of carbonyl (C=O) groups is 1. The van der Waals surface area contributed by atoms with Crippen molar-refractivity contribution in [1.29, 1.82) is 0 Å². The molecule has 7 heteroatoms. The first kappa shape index (κ1) is 21.0. The zero-order valence-electron chi connectivity index (χ0n) is 16.9. The molecule has 1 aromatic heterocycles. The molecule has 4 rings (SSSR count). The van der Waals surface area contributed by atoms with Gasteiger partial charge in [-0.3, -0.25) is 4.79 Å². The van der Waals surface area contributed by atoms with E-state index in [2.05, 4.69) is 27.0 Å². The highest BCUT2D eigenvalue weighted by Gasteiger charge is 2.21. The molecule has 0 bridgehead atoms. The summed E-state index contributed by atoms with van der Waals surface area (Å²) in [5.74, 6) is 0.272. The van der Waals surface area contributed by atoms with Crippen molar-refractivity contribution in [2.45, 2.75) is 35.5 Å². The van der Waals surface area contributed by atoms with Gasteiger partial charge in [0.2, 0.25) is 5.91 Å². The second kappa shape index (κ2) is 10.2. The number of amides is 1. The Morgan fingerprint density at radius 3 is 2.77 bits per heavy atom. The molecule has 2 heterocycles. The minimum atomic E-state index is -0.0329. The minimum absolute atomic E-state index is 0.0329. The molecule has 1 N–H and O–H groups in total. The van der Waals surface area contributed by atoms with Crippen LogP contribution in [-0.4, -0.2) is 40.2 Å². The summed E-state index contributed by atoms with van der Waals surface area (Å²) in [6.07, 6.45) is 6.26. The van der Waals surface area contributed by atoms with Crippen LogP contribution in [0.1, 0.15) is 12.8 Å². The van der Waals surface area contributed by atoms with Crippen LogP contribution in [0.2, 0.25) is 0 Å². The average molecular weight is 440 g/mol. The standard InChI is InChI=1S/C23H25N3O2S2/c1-29-21-12-6-5-11-19(21)25-22(27)16-30-23-24-14-20(17-8-3-2-4-9-17)26(23)15-18-10-7-13-28-18/h2-6,8-9,11-12,14,18H,7,10,13,15-16H2,1H3,(H,25,27). The lowest BCUT2D eigenvalue weighted by molar-refractivity contribution is -0.113. The van der Waals surface area contributed by atoms with Crippen LogP contribution < -0.4 is 5.32 Å². The van der Waals surface area contributed by atoms with Crippen molar-refractivity contribution in [3.05, 3.63) is 60.8 Å². The molecular weight excluding hydrogens is 414 g/mol. The molecule has 1 amide bonds. The maximum absolute atomic E-state index is 12.6. The Balaban J connectivity index is 1.49. The Morgan fingerprint density at radius 2 is 2.00 bits per heavy atom. The summed E-state index contributed by atoms with van der Waals surface area (Å²) in [7, 11) is 0. The predicted molar refractivity (Wildman–Crippen MR) is 124 cm³/mol. The van der Waals surface area contributed by atoms with Crippen molar-refractivity contribution < 1.29 is 9.53 Å². The summed E-state index contributed by atoms with van der Waals surface area (Å²) < 4.78 is 8.06. The number of hydrogen-bond donors (Lipinski definition) is 1. The normalized spacial score (nSPS) is 16.0. The molecule has 3 aromatic rings. The van der Waals surface area contributed by atoms with Crippen LogP contribution in [0.4, 0.5) is 5.69 Å². The Kier molecular flexibility index (Phi) is 7.15. The number of para-hydroxylation sites is 1. The van der Waals surface area contributed by atoms with Crippen LogP contribution in [0, 0.1) is 0 Å². The van der Waals surface area contributed by atoms with Gasteiger partial charge >= 0.3 is 0 Å². The topological polar surface area (TPSA) is 56.2 Å². The Labute approximate surface area is 185 Å². The van der Waals surface area contributed by atoms with Crippen molar-refractivity contribution in [2.24, 2.45) is 0 Å². The second-order valence-corrected chi connectivity index (χ2v) is 8.87. The highest BCUT2D eigenvalue weighted by Crippen LogP contribution is 2.29. The third kappa shape index (κ3) is 5.09. The van der Waals surface area contributed by atoms with Gasteiger partial charge in [0.05, 0.1) is 36.0 Å². The van der Waals surface area contributed by atoms with Crippen LogP contribution in [-0.2, 0) is 16.1 Å². The van der Waals surface area contributed by atoms with Gasteiger partial charge in [-0.2, -0.15) is 0 Å². The molecule has 0 saturated carbocycles. The van der Waals surface area contributed by atoms with E-state index in [0.29, 0.717) is 5.75 Å². The summed E-state index contributed by atoms with van der Waals surface area (Å²) in [4.78, 5) is 18.3. The van der Waals surface area contributed by atoms with Crippen molar-refractivity contribution in [3.63, 3.8) is 0 Å². The zero-order valence-corrected chi connectivity index (χ0v) is 18.5. The SMILES string of the molecule is CSc1ccccc1NC(=O)CSc1ncc(-c2ccccc2)n1CC1CCCO1. The van der Waals surface area contributed by atoms with Crippen molar-refractivity contribution in [3.8, 4) is 11.3 Å². The van der Waals surface area contributed by atoms with E-state index in [1.165, 1.54) is 11.8 Å². The van der Waals surface area contributed by atoms with Gasteiger partial charge in [-0.05, 0) is 36.8 Å². The number of carbonyl (C=O) groups excluding carboxylic acids is 1. The molecule has 0 spiro atoms. The van der Waals surface area contributed by atoms with Crippen LogP contribution >= 0.6 is 23.5 Å². The highest BCUT2D eigenvalue weighted by molar-refractivity contribution is 7.99.